The van der Waals surface area contributed by atoms with E-state index in [1.54, 1.807) is 0 Å². The van der Waals surface area contributed by atoms with Crippen LogP contribution in [0.5, 0.6) is 0 Å². The average molecular weight is 274 g/mol. The summed E-state index contributed by atoms with van der Waals surface area (Å²) in [5.74, 6) is 0.186. The smallest absolute Gasteiger partial charge is 0.220 e. The minimum absolute atomic E-state index is 0.186. The fourth-order valence-electron chi connectivity index (χ4n) is 2.79. The van der Waals surface area contributed by atoms with Gasteiger partial charge in [-0.25, -0.2) is 0 Å². The maximum absolute atomic E-state index is 11.8. The molecule has 110 valence electrons. The van der Waals surface area contributed by atoms with Crippen molar-refractivity contribution < 1.29 is 4.79 Å². The highest BCUT2D eigenvalue weighted by Gasteiger charge is 2.13. The summed E-state index contributed by atoms with van der Waals surface area (Å²) in [6, 6.07) is 8.90. The van der Waals surface area contributed by atoms with Gasteiger partial charge in [0.2, 0.25) is 5.91 Å². The first-order chi connectivity index (χ1) is 9.75. The number of carbonyl (C=O) groups is 1. The molecule has 1 aliphatic heterocycles. The summed E-state index contributed by atoms with van der Waals surface area (Å²) in [4.78, 5) is 11.8. The van der Waals surface area contributed by atoms with Gasteiger partial charge in [-0.2, -0.15) is 0 Å². The van der Waals surface area contributed by atoms with Crippen molar-refractivity contribution in [3.05, 3.63) is 35.4 Å². The first-order valence-electron chi connectivity index (χ1n) is 7.80. The normalized spacial score (nSPS) is 18.8. The molecule has 0 spiro atoms. The van der Waals surface area contributed by atoms with Gasteiger partial charge in [-0.05, 0) is 50.3 Å². The van der Waals surface area contributed by atoms with Gasteiger partial charge >= 0.3 is 0 Å². The van der Waals surface area contributed by atoms with Crippen LogP contribution in [0.25, 0.3) is 0 Å². The molecule has 0 aliphatic carbocycles. The van der Waals surface area contributed by atoms with E-state index in [1.165, 1.54) is 30.4 Å². The molecular weight excluding hydrogens is 248 g/mol. The molecule has 3 heteroatoms. The third kappa shape index (κ3) is 4.97. The Kier molecular flexibility index (Phi) is 6.06. The van der Waals surface area contributed by atoms with Crippen LogP contribution in [0.2, 0.25) is 0 Å². The van der Waals surface area contributed by atoms with E-state index in [-0.39, 0.29) is 5.91 Å². The molecule has 1 heterocycles. The molecule has 1 unspecified atom stereocenters. The Hall–Kier alpha value is -1.35. The van der Waals surface area contributed by atoms with E-state index in [0.717, 1.165) is 25.9 Å². The SMILES string of the molecule is Cc1ccccc1CCNC(=O)CCC1CCCCN1. The topological polar surface area (TPSA) is 41.1 Å². The number of carbonyl (C=O) groups excluding carboxylic acids is 1. The van der Waals surface area contributed by atoms with Gasteiger partial charge < -0.3 is 10.6 Å². The number of nitrogens with one attached hydrogen (secondary N) is 2. The Bertz CT molecular complexity index is 425. The van der Waals surface area contributed by atoms with E-state index in [0.29, 0.717) is 12.5 Å². The summed E-state index contributed by atoms with van der Waals surface area (Å²) >= 11 is 0. The molecular formula is C17H26N2O. The van der Waals surface area contributed by atoms with Gasteiger partial charge in [0.25, 0.3) is 0 Å². The van der Waals surface area contributed by atoms with Crippen molar-refractivity contribution in [3.8, 4) is 0 Å². The van der Waals surface area contributed by atoms with Crippen LogP contribution in [-0.4, -0.2) is 25.0 Å². The van der Waals surface area contributed by atoms with Crippen LogP contribution >= 0.6 is 0 Å². The highest BCUT2D eigenvalue weighted by molar-refractivity contribution is 5.75. The lowest BCUT2D eigenvalue weighted by Crippen LogP contribution is -2.35. The van der Waals surface area contributed by atoms with Gasteiger partial charge in [0.1, 0.15) is 0 Å². The van der Waals surface area contributed by atoms with Gasteiger partial charge in [0.15, 0.2) is 0 Å². The Labute approximate surface area is 122 Å². The molecule has 1 saturated heterocycles. The second kappa shape index (κ2) is 8.05. The molecule has 1 atom stereocenters. The van der Waals surface area contributed by atoms with Crippen molar-refractivity contribution in [2.24, 2.45) is 0 Å². The summed E-state index contributed by atoms with van der Waals surface area (Å²) in [5, 5.41) is 6.52. The maximum Gasteiger partial charge on any atom is 0.220 e. The van der Waals surface area contributed by atoms with E-state index in [2.05, 4.69) is 41.8 Å². The lowest BCUT2D eigenvalue weighted by atomic mass is 10.0. The van der Waals surface area contributed by atoms with Crippen LogP contribution < -0.4 is 10.6 Å². The number of piperidine rings is 1. The molecule has 0 aromatic heterocycles. The Morgan fingerprint density at radius 2 is 2.20 bits per heavy atom. The molecule has 1 aromatic rings. The van der Waals surface area contributed by atoms with E-state index in [9.17, 15) is 4.79 Å². The van der Waals surface area contributed by atoms with Gasteiger partial charge in [-0.15, -0.1) is 0 Å². The van der Waals surface area contributed by atoms with Crippen LogP contribution in [0.15, 0.2) is 24.3 Å². The molecule has 2 rings (SSSR count). The molecule has 20 heavy (non-hydrogen) atoms. The van der Waals surface area contributed by atoms with Crippen LogP contribution in [-0.2, 0) is 11.2 Å². The van der Waals surface area contributed by atoms with Crippen molar-refractivity contribution in [2.45, 2.75) is 51.5 Å². The van der Waals surface area contributed by atoms with Gasteiger partial charge in [-0.1, -0.05) is 30.7 Å². The summed E-state index contributed by atoms with van der Waals surface area (Å²) in [6.45, 7) is 3.97. The summed E-state index contributed by atoms with van der Waals surface area (Å²) < 4.78 is 0. The molecule has 3 nitrogen and oxygen atoms in total. The molecule has 2 N–H and O–H groups in total. The van der Waals surface area contributed by atoms with Crippen molar-refractivity contribution in [2.75, 3.05) is 13.1 Å². The summed E-state index contributed by atoms with van der Waals surface area (Å²) in [7, 11) is 0. The van der Waals surface area contributed by atoms with Gasteiger partial charge in [-0.3, -0.25) is 4.79 Å². The number of hydrogen-bond donors (Lipinski definition) is 2. The summed E-state index contributed by atoms with van der Waals surface area (Å²) in [5.41, 5.74) is 2.62. The highest BCUT2D eigenvalue weighted by atomic mass is 16.1. The minimum Gasteiger partial charge on any atom is -0.356 e. The Balaban J connectivity index is 1.61. The number of benzene rings is 1. The quantitative estimate of drug-likeness (QED) is 0.837. The van der Waals surface area contributed by atoms with Crippen molar-refractivity contribution in [1.29, 1.82) is 0 Å². The Morgan fingerprint density at radius 1 is 1.35 bits per heavy atom. The summed E-state index contributed by atoms with van der Waals surface area (Å²) in [6.07, 6.45) is 6.32. The molecule has 0 saturated carbocycles. The molecule has 1 fully saturated rings. The zero-order valence-corrected chi connectivity index (χ0v) is 12.5. The largest absolute Gasteiger partial charge is 0.356 e. The van der Waals surface area contributed by atoms with Gasteiger partial charge in [0, 0.05) is 19.0 Å². The minimum atomic E-state index is 0.186. The second-order valence-electron chi connectivity index (χ2n) is 5.71. The number of rotatable bonds is 6. The van der Waals surface area contributed by atoms with Gasteiger partial charge in [0.05, 0.1) is 0 Å². The average Bonchev–Trinajstić information content (AvgIpc) is 2.48. The third-order valence-corrected chi connectivity index (χ3v) is 4.11. The van der Waals surface area contributed by atoms with E-state index >= 15 is 0 Å². The molecule has 0 bridgehead atoms. The number of aryl methyl sites for hydroxylation is 1. The standard InChI is InChI=1S/C17H26N2O/c1-14-6-2-3-7-15(14)11-13-19-17(20)10-9-16-8-4-5-12-18-16/h2-3,6-7,16,18H,4-5,8-13H2,1H3,(H,19,20). The van der Waals surface area contributed by atoms with Crippen molar-refractivity contribution >= 4 is 5.91 Å². The predicted molar refractivity (Wildman–Crippen MR) is 82.8 cm³/mol. The van der Waals surface area contributed by atoms with Crippen LogP contribution in [0.3, 0.4) is 0 Å². The second-order valence-corrected chi connectivity index (χ2v) is 5.71. The lowest BCUT2D eigenvalue weighted by molar-refractivity contribution is -0.121. The zero-order valence-electron chi connectivity index (χ0n) is 12.5. The number of amides is 1. The number of hydrogen-bond acceptors (Lipinski definition) is 2. The van der Waals surface area contributed by atoms with Crippen LogP contribution in [0, 0.1) is 6.92 Å². The fourth-order valence-corrected chi connectivity index (χ4v) is 2.79. The highest BCUT2D eigenvalue weighted by Crippen LogP contribution is 2.11. The van der Waals surface area contributed by atoms with E-state index in [4.69, 9.17) is 0 Å². The van der Waals surface area contributed by atoms with Crippen LogP contribution in [0.1, 0.15) is 43.2 Å². The zero-order chi connectivity index (χ0) is 14.2. The maximum atomic E-state index is 11.8. The van der Waals surface area contributed by atoms with E-state index in [1.807, 2.05) is 0 Å². The fraction of sp³-hybridized carbons (Fsp3) is 0.588. The molecule has 1 amide bonds. The Morgan fingerprint density at radius 3 is 2.95 bits per heavy atom. The molecule has 1 aliphatic rings. The predicted octanol–water partition coefficient (Wildman–Crippen LogP) is 2.58. The van der Waals surface area contributed by atoms with E-state index < -0.39 is 0 Å². The monoisotopic (exact) mass is 274 g/mol. The van der Waals surface area contributed by atoms with Crippen LogP contribution in [0.4, 0.5) is 0 Å². The molecule has 0 radical (unpaired) electrons. The van der Waals surface area contributed by atoms with Crippen molar-refractivity contribution in [1.82, 2.24) is 10.6 Å². The first kappa shape index (κ1) is 15.0. The molecule has 1 aromatic carbocycles. The van der Waals surface area contributed by atoms with Crippen molar-refractivity contribution in [3.63, 3.8) is 0 Å². The first-order valence-corrected chi connectivity index (χ1v) is 7.80. The third-order valence-electron chi connectivity index (χ3n) is 4.11. The lowest BCUT2D eigenvalue weighted by Gasteiger charge is -2.23.